The summed E-state index contributed by atoms with van der Waals surface area (Å²) in [6.07, 6.45) is 1.20. The number of carbonyl (C=O) groups is 4. The molecule has 0 bridgehead atoms. The minimum atomic E-state index is -0.517. The Morgan fingerprint density at radius 1 is 0.700 bits per heavy atom. The molecule has 0 aromatic rings. The summed E-state index contributed by atoms with van der Waals surface area (Å²) in [5.41, 5.74) is 0.566. The van der Waals surface area contributed by atoms with Crippen LogP contribution in [0.1, 0.15) is 66.2 Å². The Bertz CT molecular complexity index is 569. The van der Waals surface area contributed by atoms with Gasteiger partial charge in [0.25, 0.3) is 0 Å². The zero-order chi connectivity index (χ0) is 23.1. The molecule has 30 heavy (non-hydrogen) atoms. The Morgan fingerprint density at radius 3 is 1.30 bits per heavy atom. The molecule has 2 unspecified atom stereocenters. The second-order valence-corrected chi connectivity index (χ2v) is 7.00. The van der Waals surface area contributed by atoms with Crippen LogP contribution in [0.25, 0.3) is 0 Å². The molecule has 8 heteroatoms. The summed E-state index contributed by atoms with van der Waals surface area (Å²) in [5.74, 6) is -1.89. The summed E-state index contributed by atoms with van der Waals surface area (Å²) in [4.78, 5) is 46.6. The average Bonchev–Trinajstić information content (AvgIpc) is 2.70. The molecule has 0 aromatic heterocycles. The van der Waals surface area contributed by atoms with Crippen molar-refractivity contribution in [3.8, 4) is 0 Å². The zero-order valence-electron chi connectivity index (χ0n) is 18.5. The lowest BCUT2D eigenvalue weighted by molar-refractivity contribution is -0.157. The van der Waals surface area contributed by atoms with Gasteiger partial charge in [-0.1, -0.05) is 27.0 Å². The number of esters is 4. The van der Waals surface area contributed by atoms with Crippen LogP contribution in [0.3, 0.4) is 0 Å². The molecular formula is C22H34O8. The maximum atomic E-state index is 11.8. The minimum absolute atomic E-state index is 0.0162. The van der Waals surface area contributed by atoms with Crippen LogP contribution in [0, 0.1) is 0 Å². The summed E-state index contributed by atoms with van der Waals surface area (Å²) in [6, 6.07) is 0. The van der Waals surface area contributed by atoms with Gasteiger partial charge in [0.15, 0.2) is 0 Å². The Hall–Kier alpha value is -2.64. The first-order valence-corrected chi connectivity index (χ1v) is 10.1. The van der Waals surface area contributed by atoms with Crippen molar-refractivity contribution >= 4 is 23.9 Å². The number of rotatable bonds is 15. The monoisotopic (exact) mass is 426 g/mol. The van der Waals surface area contributed by atoms with Crippen molar-refractivity contribution in [2.75, 3.05) is 13.2 Å². The lowest BCUT2D eigenvalue weighted by Crippen LogP contribution is -2.25. The van der Waals surface area contributed by atoms with Crippen LogP contribution in [-0.2, 0) is 38.1 Å². The van der Waals surface area contributed by atoms with Crippen LogP contribution in [0.5, 0.6) is 0 Å². The van der Waals surface area contributed by atoms with E-state index in [1.54, 1.807) is 13.8 Å². The third-order valence-electron chi connectivity index (χ3n) is 4.03. The number of hydrogen-bond donors (Lipinski definition) is 0. The van der Waals surface area contributed by atoms with Crippen molar-refractivity contribution in [1.82, 2.24) is 0 Å². The van der Waals surface area contributed by atoms with E-state index in [1.807, 2.05) is 13.8 Å². The summed E-state index contributed by atoms with van der Waals surface area (Å²) in [7, 11) is 0. The smallest absolute Gasteiger partial charge is 0.333 e. The second-order valence-electron chi connectivity index (χ2n) is 7.00. The molecule has 0 fully saturated rings. The van der Waals surface area contributed by atoms with Crippen molar-refractivity contribution in [1.29, 1.82) is 0 Å². The van der Waals surface area contributed by atoms with E-state index in [0.29, 0.717) is 25.7 Å². The second kappa shape index (κ2) is 15.2. The molecular weight excluding hydrogens is 392 g/mol. The van der Waals surface area contributed by atoms with Gasteiger partial charge in [-0.3, -0.25) is 9.59 Å². The van der Waals surface area contributed by atoms with E-state index in [1.165, 1.54) is 0 Å². The largest absolute Gasteiger partial charge is 0.462 e. The van der Waals surface area contributed by atoms with E-state index in [4.69, 9.17) is 18.9 Å². The lowest BCUT2D eigenvalue weighted by atomic mass is 10.2. The first-order valence-electron chi connectivity index (χ1n) is 10.1. The fourth-order valence-electron chi connectivity index (χ4n) is 2.03. The fraction of sp³-hybridized carbons (Fsp3) is 0.636. The molecule has 2 atom stereocenters. The molecule has 170 valence electrons. The maximum absolute atomic E-state index is 11.8. The molecule has 0 N–H and O–H groups in total. The normalized spacial score (nSPS) is 12.3. The van der Waals surface area contributed by atoms with E-state index >= 15 is 0 Å². The Labute approximate surface area is 178 Å². The first-order chi connectivity index (χ1) is 14.1. The third kappa shape index (κ3) is 12.7. The molecule has 0 aliphatic rings. The highest BCUT2D eigenvalue weighted by molar-refractivity contribution is 5.87. The molecule has 8 nitrogen and oxygen atoms in total. The number of unbranched alkanes of at least 4 members (excludes halogenated alkanes) is 1. The SMILES string of the molecule is C=C(C)C(=O)OC(CC)COC(=O)CCCCC(=O)OCC(CC)OC(=O)C(=C)C. The van der Waals surface area contributed by atoms with Crippen LogP contribution in [-0.4, -0.2) is 49.3 Å². The molecule has 0 heterocycles. The van der Waals surface area contributed by atoms with Crippen LogP contribution >= 0.6 is 0 Å². The minimum Gasteiger partial charge on any atom is -0.462 e. The van der Waals surface area contributed by atoms with Crippen molar-refractivity contribution in [3.05, 3.63) is 24.3 Å². The highest BCUT2D eigenvalue weighted by Crippen LogP contribution is 2.08. The van der Waals surface area contributed by atoms with Gasteiger partial charge in [0.1, 0.15) is 25.4 Å². The quantitative estimate of drug-likeness (QED) is 0.170. The highest BCUT2D eigenvalue weighted by atomic mass is 16.6. The standard InChI is InChI=1S/C22H34O8/c1-7-17(29-21(25)15(3)4)13-27-19(23)11-9-10-12-20(24)28-14-18(8-2)30-22(26)16(5)6/h17-18H,3,5,7-14H2,1-2,4,6H3. The Kier molecular flexibility index (Phi) is 13.9. The molecule has 0 aliphatic carbocycles. The number of carbonyl (C=O) groups excluding carboxylic acids is 4. The van der Waals surface area contributed by atoms with Gasteiger partial charge in [-0.15, -0.1) is 0 Å². The van der Waals surface area contributed by atoms with Gasteiger partial charge in [0.05, 0.1) is 0 Å². The Morgan fingerprint density at radius 2 is 1.03 bits per heavy atom. The summed E-state index contributed by atoms with van der Waals surface area (Å²) >= 11 is 0. The van der Waals surface area contributed by atoms with E-state index in [2.05, 4.69) is 13.2 Å². The third-order valence-corrected chi connectivity index (χ3v) is 4.03. The molecule has 0 aromatic carbocycles. The average molecular weight is 427 g/mol. The molecule has 0 aliphatic heterocycles. The predicted molar refractivity (Wildman–Crippen MR) is 110 cm³/mol. The highest BCUT2D eigenvalue weighted by Gasteiger charge is 2.17. The Balaban J connectivity index is 4.01. The van der Waals surface area contributed by atoms with Crippen molar-refractivity contribution < 1.29 is 38.1 Å². The van der Waals surface area contributed by atoms with Gasteiger partial charge in [-0.25, -0.2) is 9.59 Å². The first kappa shape index (κ1) is 27.4. The molecule has 0 spiro atoms. The van der Waals surface area contributed by atoms with Crippen LogP contribution in [0.15, 0.2) is 24.3 Å². The van der Waals surface area contributed by atoms with Gasteiger partial charge in [-0.05, 0) is 39.5 Å². The zero-order valence-corrected chi connectivity index (χ0v) is 18.5. The number of ether oxygens (including phenoxy) is 4. The van der Waals surface area contributed by atoms with Crippen molar-refractivity contribution in [2.24, 2.45) is 0 Å². The van der Waals surface area contributed by atoms with Crippen LogP contribution < -0.4 is 0 Å². The summed E-state index contributed by atoms with van der Waals surface area (Å²) in [5, 5.41) is 0. The predicted octanol–water partition coefficient (Wildman–Crippen LogP) is 3.43. The topological polar surface area (TPSA) is 105 Å². The van der Waals surface area contributed by atoms with Gasteiger partial charge >= 0.3 is 23.9 Å². The van der Waals surface area contributed by atoms with Crippen molar-refractivity contribution in [2.45, 2.75) is 78.4 Å². The van der Waals surface area contributed by atoms with Crippen LogP contribution in [0.4, 0.5) is 0 Å². The van der Waals surface area contributed by atoms with E-state index in [0.717, 1.165) is 0 Å². The van der Waals surface area contributed by atoms with E-state index in [-0.39, 0.29) is 37.2 Å². The summed E-state index contributed by atoms with van der Waals surface area (Å²) < 4.78 is 20.5. The van der Waals surface area contributed by atoms with Crippen LogP contribution in [0.2, 0.25) is 0 Å². The molecule has 0 saturated carbocycles. The van der Waals surface area contributed by atoms with Crippen molar-refractivity contribution in [3.63, 3.8) is 0 Å². The van der Waals surface area contributed by atoms with Gasteiger partial charge < -0.3 is 18.9 Å². The molecule has 0 saturated heterocycles. The van der Waals surface area contributed by atoms with Gasteiger partial charge in [0, 0.05) is 24.0 Å². The summed E-state index contributed by atoms with van der Waals surface area (Å²) in [6.45, 7) is 13.7. The molecule has 0 amide bonds. The molecule has 0 rings (SSSR count). The van der Waals surface area contributed by atoms with Gasteiger partial charge in [-0.2, -0.15) is 0 Å². The fourth-order valence-corrected chi connectivity index (χ4v) is 2.03. The van der Waals surface area contributed by atoms with Gasteiger partial charge in [0.2, 0.25) is 0 Å². The molecule has 0 radical (unpaired) electrons. The maximum Gasteiger partial charge on any atom is 0.333 e. The van der Waals surface area contributed by atoms with E-state index < -0.39 is 36.1 Å². The van der Waals surface area contributed by atoms with E-state index in [9.17, 15) is 19.2 Å². The lowest BCUT2D eigenvalue weighted by Gasteiger charge is -2.16. The number of hydrogen-bond acceptors (Lipinski definition) is 8.